The van der Waals surface area contributed by atoms with Crippen LogP contribution in [0, 0.1) is 18.3 Å². The molecule has 6 heteroatoms. The minimum absolute atomic E-state index is 0.168. The molecule has 0 fully saturated rings. The van der Waals surface area contributed by atoms with Crippen LogP contribution < -0.4 is 10.1 Å². The van der Waals surface area contributed by atoms with Crippen molar-refractivity contribution in [1.82, 2.24) is 5.32 Å². The average molecular weight is 378 g/mol. The lowest BCUT2D eigenvalue weighted by molar-refractivity contribution is -0.150. The number of nitrogens with zero attached hydrogens (tertiary/aromatic N) is 1. The SMILES string of the molecule is COc1ccc(CNC(=O)[C@@H](C)OC(=O)/C(C#N)=C/c2ccc(C)cc2)cc1. The number of ether oxygens (including phenoxy) is 2. The molecule has 0 aliphatic heterocycles. The summed E-state index contributed by atoms with van der Waals surface area (Å²) in [6.07, 6.45) is 0.407. The van der Waals surface area contributed by atoms with Crippen LogP contribution >= 0.6 is 0 Å². The molecule has 0 saturated carbocycles. The molecule has 0 spiro atoms. The monoisotopic (exact) mass is 378 g/mol. The molecule has 1 atom stereocenters. The van der Waals surface area contributed by atoms with Crippen LogP contribution in [0.4, 0.5) is 0 Å². The summed E-state index contributed by atoms with van der Waals surface area (Å²) in [7, 11) is 1.58. The van der Waals surface area contributed by atoms with Gasteiger partial charge in [-0.15, -0.1) is 0 Å². The number of carbonyl (C=O) groups excluding carboxylic acids is 2. The summed E-state index contributed by atoms with van der Waals surface area (Å²) < 4.78 is 10.2. The van der Waals surface area contributed by atoms with Crippen LogP contribution in [-0.4, -0.2) is 25.1 Å². The summed E-state index contributed by atoms with van der Waals surface area (Å²) >= 11 is 0. The number of amides is 1. The minimum atomic E-state index is -1.03. The van der Waals surface area contributed by atoms with Gasteiger partial charge in [0.05, 0.1) is 7.11 Å². The maximum absolute atomic E-state index is 12.2. The molecule has 0 aliphatic carbocycles. The van der Waals surface area contributed by atoms with Gasteiger partial charge in [0.1, 0.15) is 17.4 Å². The van der Waals surface area contributed by atoms with Gasteiger partial charge in [-0.3, -0.25) is 4.79 Å². The van der Waals surface area contributed by atoms with E-state index in [9.17, 15) is 14.9 Å². The second-order valence-corrected chi connectivity index (χ2v) is 6.19. The molecular formula is C22H22N2O4. The van der Waals surface area contributed by atoms with Gasteiger partial charge < -0.3 is 14.8 Å². The molecule has 2 aromatic carbocycles. The first-order chi connectivity index (χ1) is 13.4. The van der Waals surface area contributed by atoms with Gasteiger partial charge in [0.2, 0.25) is 0 Å². The van der Waals surface area contributed by atoms with Gasteiger partial charge in [-0.2, -0.15) is 5.26 Å². The topological polar surface area (TPSA) is 88.4 Å². The highest BCUT2D eigenvalue weighted by molar-refractivity contribution is 5.99. The molecule has 0 unspecified atom stereocenters. The van der Waals surface area contributed by atoms with E-state index in [1.165, 1.54) is 13.0 Å². The van der Waals surface area contributed by atoms with Crippen LogP contribution in [0.3, 0.4) is 0 Å². The van der Waals surface area contributed by atoms with Gasteiger partial charge >= 0.3 is 5.97 Å². The maximum atomic E-state index is 12.2. The summed E-state index contributed by atoms with van der Waals surface area (Å²) in [6, 6.07) is 16.4. The number of hydrogen-bond donors (Lipinski definition) is 1. The van der Waals surface area contributed by atoms with Gasteiger partial charge in [0.15, 0.2) is 6.10 Å². The zero-order chi connectivity index (χ0) is 20.5. The maximum Gasteiger partial charge on any atom is 0.349 e. The van der Waals surface area contributed by atoms with Crippen molar-refractivity contribution in [3.8, 4) is 11.8 Å². The van der Waals surface area contributed by atoms with E-state index in [0.29, 0.717) is 5.56 Å². The summed E-state index contributed by atoms with van der Waals surface area (Å²) in [5, 5.41) is 11.9. The van der Waals surface area contributed by atoms with Crippen LogP contribution in [0.2, 0.25) is 0 Å². The highest BCUT2D eigenvalue weighted by atomic mass is 16.5. The fourth-order valence-corrected chi connectivity index (χ4v) is 2.32. The molecule has 6 nitrogen and oxygen atoms in total. The van der Waals surface area contributed by atoms with Gasteiger partial charge in [0, 0.05) is 6.54 Å². The zero-order valence-electron chi connectivity index (χ0n) is 16.1. The van der Waals surface area contributed by atoms with Crippen molar-refractivity contribution >= 4 is 18.0 Å². The third kappa shape index (κ3) is 5.99. The minimum Gasteiger partial charge on any atom is -0.497 e. The van der Waals surface area contributed by atoms with E-state index in [1.54, 1.807) is 31.4 Å². The molecule has 28 heavy (non-hydrogen) atoms. The molecule has 0 saturated heterocycles. The van der Waals surface area contributed by atoms with Gasteiger partial charge in [-0.25, -0.2) is 4.79 Å². The number of aryl methyl sites for hydroxylation is 1. The molecule has 2 rings (SSSR count). The number of methoxy groups -OCH3 is 1. The molecule has 1 amide bonds. The Hall–Kier alpha value is -3.59. The van der Waals surface area contributed by atoms with E-state index in [4.69, 9.17) is 9.47 Å². The van der Waals surface area contributed by atoms with Crippen LogP contribution in [0.15, 0.2) is 54.1 Å². The fourth-order valence-electron chi connectivity index (χ4n) is 2.32. The molecule has 0 heterocycles. The number of benzene rings is 2. The largest absolute Gasteiger partial charge is 0.497 e. The normalized spacial score (nSPS) is 11.9. The third-order valence-electron chi connectivity index (χ3n) is 4.01. The average Bonchev–Trinajstić information content (AvgIpc) is 2.71. The Labute approximate surface area is 164 Å². The number of hydrogen-bond acceptors (Lipinski definition) is 5. The van der Waals surface area contributed by atoms with E-state index >= 15 is 0 Å². The standard InChI is InChI=1S/C22H22N2O4/c1-15-4-6-17(7-5-15)12-19(13-23)22(26)28-16(2)21(25)24-14-18-8-10-20(27-3)11-9-18/h4-12,16H,14H2,1-3H3,(H,24,25)/b19-12+/t16-/m1/s1. The molecule has 144 valence electrons. The second kappa shape index (κ2) is 9.93. The number of rotatable bonds is 7. The Morgan fingerprint density at radius 3 is 2.36 bits per heavy atom. The Morgan fingerprint density at radius 1 is 1.14 bits per heavy atom. The number of esters is 1. The van der Waals surface area contributed by atoms with E-state index in [2.05, 4.69) is 5.32 Å². The summed E-state index contributed by atoms with van der Waals surface area (Å²) in [5.74, 6) is -0.561. The Balaban J connectivity index is 1.92. The smallest absolute Gasteiger partial charge is 0.349 e. The van der Waals surface area contributed by atoms with Crippen LogP contribution in [0.1, 0.15) is 23.6 Å². The Morgan fingerprint density at radius 2 is 1.79 bits per heavy atom. The summed E-state index contributed by atoms with van der Waals surface area (Å²) in [5.41, 5.74) is 2.49. The van der Waals surface area contributed by atoms with Crippen molar-refractivity contribution in [2.75, 3.05) is 7.11 Å². The lowest BCUT2D eigenvalue weighted by atomic mass is 10.1. The molecular weight excluding hydrogens is 356 g/mol. The molecule has 0 aliphatic rings. The van der Waals surface area contributed by atoms with Crippen molar-refractivity contribution in [1.29, 1.82) is 5.26 Å². The molecule has 0 radical (unpaired) electrons. The van der Waals surface area contributed by atoms with Crippen LogP contribution in [0.5, 0.6) is 5.75 Å². The third-order valence-corrected chi connectivity index (χ3v) is 4.01. The highest BCUT2D eigenvalue weighted by Gasteiger charge is 2.20. The van der Waals surface area contributed by atoms with E-state index < -0.39 is 18.0 Å². The van der Waals surface area contributed by atoms with Crippen molar-refractivity contribution in [2.24, 2.45) is 0 Å². The van der Waals surface area contributed by atoms with Gasteiger partial charge in [0.25, 0.3) is 5.91 Å². The fraction of sp³-hybridized carbons (Fsp3) is 0.227. The van der Waals surface area contributed by atoms with Crippen LogP contribution in [0.25, 0.3) is 6.08 Å². The Kier molecular flexibility index (Phi) is 7.35. The summed E-state index contributed by atoms with van der Waals surface area (Å²) in [4.78, 5) is 24.4. The first kappa shape index (κ1) is 20.7. The number of carbonyl (C=O) groups is 2. The van der Waals surface area contributed by atoms with Crippen molar-refractivity contribution in [3.05, 3.63) is 70.8 Å². The first-order valence-corrected chi connectivity index (χ1v) is 8.73. The first-order valence-electron chi connectivity index (χ1n) is 8.73. The number of nitriles is 1. The predicted molar refractivity (Wildman–Crippen MR) is 105 cm³/mol. The van der Waals surface area contributed by atoms with Gasteiger partial charge in [-0.1, -0.05) is 42.0 Å². The molecule has 1 N–H and O–H groups in total. The van der Waals surface area contributed by atoms with Gasteiger partial charge in [-0.05, 0) is 43.2 Å². The van der Waals surface area contributed by atoms with Crippen molar-refractivity contribution in [3.63, 3.8) is 0 Å². The lowest BCUT2D eigenvalue weighted by Gasteiger charge is -2.13. The van der Waals surface area contributed by atoms with E-state index in [0.717, 1.165) is 16.9 Å². The van der Waals surface area contributed by atoms with Crippen molar-refractivity contribution in [2.45, 2.75) is 26.5 Å². The van der Waals surface area contributed by atoms with E-state index in [1.807, 2.05) is 37.3 Å². The Bertz CT molecular complexity index is 894. The molecule has 0 bridgehead atoms. The molecule has 2 aromatic rings. The van der Waals surface area contributed by atoms with E-state index in [-0.39, 0.29) is 12.1 Å². The quantitative estimate of drug-likeness (QED) is 0.454. The van der Waals surface area contributed by atoms with Crippen LogP contribution in [-0.2, 0) is 20.9 Å². The number of nitrogens with one attached hydrogen (secondary N) is 1. The molecule has 0 aromatic heterocycles. The lowest BCUT2D eigenvalue weighted by Crippen LogP contribution is -2.35. The second-order valence-electron chi connectivity index (χ2n) is 6.19. The highest BCUT2D eigenvalue weighted by Crippen LogP contribution is 2.12. The predicted octanol–water partition coefficient (Wildman–Crippen LogP) is 3.16. The zero-order valence-corrected chi connectivity index (χ0v) is 16.1. The van der Waals surface area contributed by atoms with Crippen molar-refractivity contribution < 1.29 is 19.1 Å². The summed E-state index contributed by atoms with van der Waals surface area (Å²) in [6.45, 7) is 3.69.